The average molecular weight is 136 g/mol. The maximum Gasteiger partial charge on any atom is 0.211 e. The summed E-state index contributed by atoms with van der Waals surface area (Å²) < 4.78 is 0. The van der Waals surface area contributed by atoms with Crippen LogP contribution in [-0.2, 0) is 0 Å². The van der Waals surface area contributed by atoms with Crippen LogP contribution in [0, 0.1) is 5.21 Å². The summed E-state index contributed by atoms with van der Waals surface area (Å²) in [7, 11) is 0. The third-order valence-electron chi connectivity index (χ3n) is 1.66. The number of hydrogen-bond donors (Lipinski definition) is 2. The lowest BCUT2D eigenvalue weighted by molar-refractivity contribution is -0.772. The monoisotopic (exact) mass is 136 g/mol. The molecule has 2 heterocycles. The molecule has 3 heteroatoms. The number of hydroxylamine groups is 1. The number of aromatic nitrogens is 1. The highest BCUT2D eigenvalue weighted by atomic mass is 16.5. The summed E-state index contributed by atoms with van der Waals surface area (Å²) >= 11 is 0. The summed E-state index contributed by atoms with van der Waals surface area (Å²) in [6.45, 7) is 0.535. The molecular formula is C7H8N2O. The summed E-state index contributed by atoms with van der Waals surface area (Å²) in [6.07, 6.45) is 5.64. The van der Waals surface area contributed by atoms with Gasteiger partial charge in [-0.05, 0) is 18.2 Å². The van der Waals surface area contributed by atoms with Crippen LogP contribution in [0.25, 0.3) is 6.08 Å². The predicted octanol–water partition coefficient (Wildman–Crippen LogP) is 0.0557. The quantitative estimate of drug-likeness (QED) is 0.486. The molecule has 1 aromatic rings. The second kappa shape index (κ2) is 1.97. The maximum atomic E-state index is 11.1. The molecule has 1 aliphatic heterocycles. The van der Waals surface area contributed by atoms with Gasteiger partial charge in [-0.1, -0.05) is 0 Å². The lowest BCUT2D eigenvalue weighted by Gasteiger charge is -2.21. The molecule has 2 N–H and O–H groups in total. The zero-order chi connectivity index (χ0) is 6.97. The van der Waals surface area contributed by atoms with Crippen LogP contribution in [-0.4, -0.2) is 11.5 Å². The van der Waals surface area contributed by atoms with Gasteiger partial charge in [0.05, 0.1) is 5.56 Å². The molecule has 0 aromatic carbocycles. The van der Waals surface area contributed by atoms with E-state index in [4.69, 9.17) is 0 Å². The van der Waals surface area contributed by atoms with Crippen LogP contribution in [0.15, 0.2) is 18.3 Å². The van der Waals surface area contributed by atoms with E-state index >= 15 is 0 Å². The van der Waals surface area contributed by atoms with E-state index in [-0.39, 0.29) is 5.06 Å². The minimum atomic E-state index is 0.183. The lowest BCUT2D eigenvalue weighted by Crippen LogP contribution is -3.02. The molecule has 2 rings (SSSR count). The molecule has 10 heavy (non-hydrogen) atoms. The van der Waals surface area contributed by atoms with Gasteiger partial charge in [0.25, 0.3) is 0 Å². The van der Waals surface area contributed by atoms with Crippen molar-refractivity contribution in [1.82, 2.24) is 4.98 Å². The minimum absolute atomic E-state index is 0.183. The van der Waals surface area contributed by atoms with Crippen molar-refractivity contribution in [3.05, 3.63) is 29.1 Å². The Balaban J connectivity index is 2.52. The maximum absolute atomic E-state index is 11.1. The van der Waals surface area contributed by atoms with Crippen molar-refractivity contribution in [2.75, 3.05) is 6.54 Å². The van der Waals surface area contributed by atoms with E-state index in [9.17, 15) is 5.21 Å². The van der Waals surface area contributed by atoms with Crippen LogP contribution in [0.5, 0.6) is 0 Å². The Bertz CT molecular complexity index is 264. The second-order valence-electron chi connectivity index (χ2n) is 2.34. The summed E-state index contributed by atoms with van der Waals surface area (Å²) in [6, 6.07) is 1.91. The van der Waals surface area contributed by atoms with Gasteiger partial charge in [-0.2, -0.15) is 0 Å². The highest BCUT2D eigenvalue weighted by Crippen LogP contribution is 2.11. The van der Waals surface area contributed by atoms with Crippen LogP contribution in [0.4, 0.5) is 5.82 Å². The Hall–Kier alpha value is -1.06. The molecule has 0 spiro atoms. The molecule has 1 aromatic heterocycles. The molecule has 0 aliphatic carbocycles. The molecule has 1 atom stereocenters. The topological polar surface area (TPSA) is 43.3 Å². The molecule has 0 amide bonds. The van der Waals surface area contributed by atoms with E-state index in [2.05, 4.69) is 4.98 Å². The van der Waals surface area contributed by atoms with Gasteiger partial charge in [0, 0.05) is 6.20 Å². The highest BCUT2D eigenvalue weighted by molar-refractivity contribution is 5.59. The molecule has 52 valence electrons. The third-order valence-corrected chi connectivity index (χ3v) is 1.66. The number of H-pyrrole nitrogens is 1. The van der Waals surface area contributed by atoms with Gasteiger partial charge < -0.3 is 15.3 Å². The van der Waals surface area contributed by atoms with Crippen LogP contribution >= 0.6 is 0 Å². The van der Waals surface area contributed by atoms with Crippen LogP contribution in [0.3, 0.4) is 0 Å². The van der Waals surface area contributed by atoms with Crippen molar-refractivity contribution < 1.29 is 5.06 Å². The van der Waals surface area contributed by atoms with Crippen molar-refractivity contribution in [2.45, 2.75) is 0 Å². The number of fused-ring (bicyclic) bond motifs is 1. The summed E-state index contributed by atoms with van der Waals surface area (Å²) in [5.74, 6) is 0.752. The van der Waals surface area contributed by atoms with E-state index in [1.165, 1.54) is 0 Å². The zero-order valence-electron chi connectivity index (χ0n) is 5.42. The Morgan fingerprint density at radius 1 is 1.60 bits per heavy atom. The number of rotatable bonds is 0. The second-order valence-corrected chi connectivity index (χ2v) is 2.34. The fourth-order valence-corrected chi connectivity index (χ4v) is 1.16. The van der Waals surface area contributed by atoms with Crippen molar-refractivity contribution >= 4 is 11.9 Å². The SMILES string of the molecule is [O-][NH+]1CC=Cc2cc[nH]c21. The van der Waals surface area contributed by atoms with Crippen molar-refractivity contribution in [3.8, 4) is 0 Å². The Morgan fingerprint density at radius 3 is 3.30 bits per heavy atom. The van der Waals surface area contributed by atoms with Crippen molar-refractivity contribution in [2.24, 2.45) is 0 Å². The fourth-order valence-electron chi connectivity index (χ4n) is 1.16. The predicted molar refractivity (Wildman–Crippen MR) is 38.7 cm³/mol. The van der Waals surface area contributed by atoms with Crippen molar-refractivity contribution in [1.29, 1.82) is 0 Å². The Labute approximate surface area is 58.5 Å². The van der Waals surface area contributed by atoms with Gasteiger partial charge in [-0.3, -0.25) is 0 Å². The van der Waals surface area contributed by atoms with Crippen LogP contribution in [0.1, 0.15) is 5.56 Å². The summed E-state index contributed by atoms with van der Waals surface area (Å²) in [5.41, 5.74) is 1.01. The number of quaternary nitrogens is 1. The summed E-state index contributed by atoms with van der Waals surface area (Å²) in [5, 5.41) is 11.2. The highest BCUT2D eigenvalue weighted by Gasteiger charge is 2.10. The number of nitrogens with one attached hydrogen (secondary N) is 2. The summed E-state index contributed by atoms with van der Waals surface area (Å²) in [4.78, 5) is 2.91. The third kappa shape index (κ3) is 0.683. The van der Waals surface area contributed by atoms with E-state index in [1.54, 1.807) is 6.20 Å². The average Bonchev–Trinajstić information content (AvgIpc) is 2.36. The van der Waals surface area contributed by atoms with Crippen molar-refractivity contribution in [3.63, 3.8) is 0 Å². The van der Waals surface area contributed by atoms with Gasteiger partial charge in [0.2, 0.25) is 5.82 Å². The van der Waals surface area contributed by atoms with Gasteiger partial charge in [-0.15, -0.1) is 0 Å². The first-order valence-corrected chi connectivity index (χ1v) is 3.25. The zero-order valence-corrected chi connectivity index (χ0v) is 5.42. The smallest absolute Gasteiger partial charge is 0.211 e. The van der Waals surface area contributed by atoms with E-state index < -0.39 is 0 Å². The molecule has 0 fully saturated rings. The van der Waals surface area contributed by atoms with E-state index in [0.717, 1.165) is 11.4 Å². The number of hydrogen-bond acceptors (Lipinski definition) is 1. The molecular weight excluding hydrogens is 128 g/mol. The van der Waals surface area contributed by atoms with E-state index in [1.807, 2.05) is 18.2 Å². The minimum Gasteiger partial charge on any atom is -0.628 e. The molecule has 1 unspecified atom stereocenters. The first-order valence-electron chi connectivity index (χ1n) is 3.25. The number of aromatic amines is 1. The van der Waals surface area contributed by atoms with E-state index in [0.29, 0.717) is 6.54 Å². The Morgan fingerprint density at radius 2 is 2.50 bits per heavy atom. The van der Waals surface area contributed by atoms with Crippen LogP contribution < -0.4 is 5.06 Å². The molecule has 0 saturated heterocycles. The molecule has 3 nitrogen and oxygen atoms in total. The van der Waals surface area contributed by atoms with Gasteiger partial charge >= 0.3 is 0 Å². The standard InChI is InChI=1S/C7H8N2O/c10-9-5-1-2-6-3-4-8-7(6)9/h1-4,8-9H,5H2. The fraction of sp³-hybridized carbons (Fsp3) is 0.143. The van der Waals surface area contributed by atoms with Gasteiger partial charge in [0.15, 0.2) is 0 Å². The van der Waals surface area contributed by atoms with Crippen LogP contribution in [0.2, 0.25) is 0 Å². The normalized spacial score (nSPS) is 22.7. The molecule has 1 aliphatic rings. The molecule has 0 radical (unpaired) electrons. The first kappa shape index (κ1) is 5.70. The lowest BCUT2D eigenvalue weighted by atomic mass is 10.2. The largest absolute Gasteiger partial charge is 0.628 e. The molecule has 0 bridgehead atoms. The van der Waals surface area contributed by atoms with Gasteiger partial charge in [0.1, 0.15) is 6.54 Å². The first-order chi connectivity index (χ1) is 4.88. The van der Waals surface area contributed by atoms with Gasteiger partial charge in [-0.25, -0.2) is 0 Å². The molecule has 0 saturated carbocycles. The Kier molecular flexibility index (Phi) is 1.12.